The number of hydrogen-bond acceptors (Lipinski definition) is 4. The number of amides is 2. The minimum atomic E-state index is -5.03. The van der Waals surface area contributed by atoms with Crippen LogP contribution >= 0.6 is 0 Å². The lowest BCUT2D eigenvalue weighted by atomic mass is 10.1. The van der Waals surface area contributed by atoms with Crippen LogP contribution in [-0.4, -0.2) is 20.8 Å². The Kier molecular flexibility index (Phi) is 6.55. The summed E-state index contributed by atoms with van der Waals surface area (Å²) in [7, 11) is 0. The maximum absolute atomic E-state index is 13.0. The molecule has 0 bridgehead atoms. The van der Waals surface area contributed by atoms with Crippen molar-refractivity contribution in [3.8, 4) is 17.4 Å². The molecule has 0 unspecified atom stereocenters. The third kappa shape index (κ3) is 6.11. The van der Waals surface area contributed by atoms with Crippen molar-refractivity contribution >= 4 is 17.4 Å². The molecule has 2 N–H and O–H groups in total. The molecule has 4 aromatic rings. The van der Waals surface area contributed by atoms with Gasteiger partial charge in [0.1, 0.15) is 5.75 Å². The molecule has 0 atom stereocenters. The number of nitrogens with zero attached hydrogens (tertiary/aromatic N) is 3. The molecular formula is C23H15F6N5O2. The first-order valence-corrected chi connectivity index (χ1v) is 10.1. The van der Waals surface area contributed by atoms with Crippen LogP contribution in [0.4, 0.5) is 42.5 Å². The van der Waals surface area contributed by atoms with E-state index in [2.05, 4.69) is 15.5 Å². The molecule has 4 rings (SSSR count). The van der Waals surface area contributed by atoms with Crippen molar-refractivity contribution in [1.29, 1.82) is 0 Å². The Morgan fingerprint density at radius 3 is 1.86 bits per heavy atom. The molecule has 2 heterocycles. The number of anilines is 2. The molecule has 0 aliphatic carbocycles. The number of alkyl halides is 6. The summed E-state index contributed by atoms with van der Waals surface area (Å²) in [6.07, 6.45) is -6.46. The SMILES string of the molecule is O=C(Nc1ccc(Oc2ccc(-n3cccc3)nn2)cc1)Nc1cc(C(F)(F)F)cc(C(F)(F)F)c1. The number of halogens is 6. The molecule has 0 aliphatic rings. The first kappa shape index (κ1) is 24.6. The van der Waals surface area contributed by atoms with Crippen molar-refractivity contribution in [3.05, 3.63) is 90.3 Å². The third-order valence-electron chi connectivity index (χ3n) is 4.68. The van der Waals surface area contributed by atoms with Gasteiger partial charge in [-0.15, -0.1) is 10.2 Å². The van der Waals surface area contributed by atoms with Gasteiger partial charge in [-0.25, -0.2) is 4.79 Å². The van der Waals surface area contributed by atoms with E-state index >= 15 is 0 Å². The quantitative estimate of drug-likeness (QED) is 0.293. The van der Waals surface area contributed by atoms with Crippen LogP contribution in [0.3, 0.4) is 0 Å². The number of hydrogen-bond donors (Lipinski definition) is 2. The van der Waals surface area contributed by atoms with Crippen LogP contribution < -0.4 is 15.4 Å². The number of benzene rings is 2. The summed E-state index contributed by atoms with van der Waals surface area (Å²) in [4.78, 5) is 12.2. The minimum Gasteiger partial charge on any atom is -0.438 e. The van der Waals surface area contributed by atoms with E-state index in [0.29, 0.717) is 23.7 Å². The van der Waals surface area contributed by atoms with Gasteiger partial charge in [0, 0.05) is 29.8 Å². The van der Waals surface area contributed by atoms with Crippen LogP contribution in [0.1, 0.15) is 11.1 Å². The molecular weight excluding hydrogens is 492 g/mol. The Morgan fingerprint density at radius 1 is 0.750 bits per heavy atom. The Hall–Kier alpha value is -4.55. The normalized spacial score (nSPS) is 11.7. The van der Waals surface area contributed by atoms with Crippen molar-refractivity contribution in [2.45, 2.75) is 12.4 Å². The van der Waals surface area contributed by atoms with Crippen LogP contribution in [0.25, 0.3) is 5.82 Å². The largest absolute Gasteiger partial charge is 0.438 e. The second-order valence-corrected chi connectivity index (χ2v) is 7.32. The first-order valence-electron chi connectivity index (χ1n) is 10.1. The second kappa shape index (κ2) is 9.60. The number of urea groups is 1. The number of nitrogens with one attached hydrogen (secondary N) is 2. The van der Waals surface area contributed by atoms with E-state index in [1.165, 1.54) is 24.3 Å². The highest BCUT2D eigenvalue weighted by molar-refractivity contribution is 5.99. The highest BCUT2D eigenvalue weighted by Crippen LogP contribution is 2.37. The number of carbonyl (C=O) groups excluding carboxylic acids is 1. The average Bonchev–Trinajstić information content (AvgIpc) is 3.34. The molecule has 13 heteroatoms. The van der Waals surface area contributed by atoms with E-state index in [1.807, 2.05) is 17.4 Å². The van der Waals surface area contributed by atoms with Crippen molar-refractivity contribution < 1.29 is 35.9 Å². The zero-order valence-electron chi connectivity index (χ0n) is 17.9. The summed E-state index contributed by atoms with van der Waals surface area (Å²) in [5.41, 5.74) is -3.55. The Labute approximate surface area is 199 Å². The summed E-state index contributed by atoms with van der Waals surface area (Å²) in [5.74, 6) is 1.13. The van der Waals surface area contributed by atoms with Gasteiger partial charge in [-0.1, -0.05) is 0 Å². The number of carbonyl (C=O) groups is 1. The predicted molar refractivity (Wildman–Crippen MR) is 117 cm³/mol. The summed E-state index contributed by atoms with van der Waals surface area (Å²) in [5, 5.41) is 12.3. The molecule has 0 spiro atoms. The van der Waals surface area contributed by atoms with Gasteiger partial charge in [0.2, 0.25) is 5.88 Å². The van der Waals surface area contributed by atoms with Crippen LogP contribution in [0, 0.1) is 0 Å². The van der Waals surface area contributed by atoms with Crippen molar-refractivity contribution in [2.24, 2.45) is 0 Å². The summed E-state index contributed by atoms with van der Waals surface area (Å²) < 4.78 is 85.2. The molecule has 0 fully saturated rings. The summed E-state index contributed by atoms with van der Waals surface area (Å²) >= 11 is 0. The fourth-order valence-corrected chi connectivity index (χ4v) is 3.04. The standard InChI is InChI=1S/C23H15F6N5O2/c24-22(25,26)14-11-15(23(27,28)29)13-17(12-14)31-21(35)30-16-3-5-18(6-4-16)36-20-8-7-19(32-33-20)34-9-1-2-10-34/h1-13H,(H2,30,31,35). The monoisotopic (exact) mass is 507 g/mol. The number of rotatable bonds is 5. The Balaban J connectivity index is 1.40. The molecule has 0 saturated carbocycles. The highest BCUT2D eigenvalue weighted by Gasteiger charge is 2.37. The van der Waals surface area contributed by atoms with Gasteiger partial charge >= 0.3 is 18.4 Å². The molecule has 7 nitrogen and oxygen atoms in total. The van der Waals surface area contributed by atoms with E-state index < -0.39 is 35.2 Å². The summed E-state index contributed by atoms with van der Waals surface area (Å²) in [6, 6.07) is 12.5. The molecule has 0 aliphatic heterocycles. The lowest BCUT2D eigenvalue weighted by Gasteiger charge is -2.15. The Morgan fingerprint density at radius 2 is 1.33 bits per heavy atom. The van der Waals surface area contributed by atoms with E-state index in [0.717, 1.165) is 0 Å². The van der Waals surface area contributed by atoms with Gasteiger partial charge in [-0.3, -0.25) is 0 Å². The molecule has 0 saturated heterocycles. The maximum Gasteiger partial charge on any atom is 0.416 e. The molecule has 0 radical (unpaired) electrons. The fourth-order valence-electron chi connectivity index (χ4n) is 3.04. The molecule has 2 aromatic carbocycles. The average molecular weight is 507 g/mol. The van der Waals surface area contributed by atoms with Gasteiger partial charge in [-0.2, -0.15) is 26.3 Å². The van der Waals surface area contributed by atoms with E-state index in [1.54, 1.807) is 29.1 Å². The van der Waals surface area contributed by atoms with Gasteiger partial charge in [0.15, 0.2) is 5.82 Å². The highest BCUT2D eigenvalue weighted by atomic mass is 19.4. The van der Waals surface area contributed by atoms with Crippen LogP contribution in [0.15, 0.2) is 79.1 Å². The molecule has 2 amide bonds. The third-order valence-corrected chi connectivity index (χ3v) is 4.68. The smallest absolute Gasteiger partial charge is 0.416 e. The number of aromatic nitrogens is 3. The van der Waals surface area contributed by atoms with E-state index in [-0.39, 0.29) is 17.6 Å². The second-order valence-electron chi connectivity index (χ2n) is 7.32. The zero-order valence-corrected chi connectivity index (χ0v) is 17.9. The van der Waals surface area contributed by atoms with Crippen LogP contribution in [-0.2, 0) is 12.4 Å². The molecule has 2 aromatic heterocycles. The summed E-state index contributed by atoms with van der Waals surface area (Å²) in [6.45, 7) is 0. The number of ether oxygens (including phenoxy) is 1. The maximum atomic E-state index is 13.0. The van der Waals surface area contributed by atoms with Gasteiger partial charge in [0.25, 0.3) is 0 Å². The minimum absolute atomic E-state index is 0.0275. The van der Waals surface area contributed by atoms with Crippen molar-refractivity contribution in [3.63, 3.8) is 0 Å². The lowest BCUT2D eigenvalue weighted by molar-refractivity contribution is -0.143. The van der Waals surface area contributed by atoms with E-state index in [4.69, 9.17) is 4.74 Å². The molecule has 36 heavy (non-hydrogen) atoms. The molecule has 186 valence electrons. The zero-order chi connectivity index (χ0) is 25.9. The van der Waals surface area contributed by atoms with Crippen molar-refractivity contribution in [2.75, 3.05) is 10.6 Å². The van der Waals surface area contributed by atoms with Crippen molar-refractivity contribution in [1.82, 2.24) is 14.8 Å². The van der Waals surface area contributed by atoms with E-state index in [9.17, 15) is 31.1 Å². The lowest BCUT2D eigenvalue weighted by Crippen LogP contribution is -2.20. The first-order chi connectivity index (χ1) is 17.0. The topological polar surface area (TPSA) is 81.1 Å². The predicted octanol–water partition coefficient (Wildman–Crippen LogP) is 6.74. The fraction of sp³-hybridized carbons (Fsp3) is 0.0870. The van der Waals surface area contributed by atoms with Gasteiger partial charge in [0.05, 0.1) is 11.1 Å². The van der Waals surface area contributed by atoms with Gasteiger partial charge < -0.3 is 19.9 Å². The Bertz CT molecular complexity index is 1300. The van der Waals surface area contributed by atoms with Crippen LogP contribution in [0.5, 0.6) is 11.6 Å². The van der Waals surface area contributed by atoms with Gasteiger partial charge in [-0.05, 0) is 60.7 Å². The van der Waals surface area contributed by atoms with Crippen LogP contribution in [0.2, 0.25) is 0 Å².